The van der Waals surface area contributed by atoms with E-state index in [1.165, 1.54) is 32.1 Å². The molecular formula is C10H21Br. The van der Waals surface area contributed by atoms with Gasteiger partial charge >= 0.3 is 0 Å². The molecule has 11 heavy (non-hydrogen) atoms. The standard InChI is InChI=1S/C10H21Br/c1-4-7-8-9(5-2)10(11)6-3/h9-10H,4-8H2,1-3H3. The van der Waals surface area contributed by atoms with Gasteiger partial charge in [0, 0.05) is 4.83 Å². The summed E-state index contributed by atoms with van der Waals surface area (Å²) in [4.78, 5) is 0.749. The first-order chi connectivity index (χ1) is 5.26. The van der Waals surface area contributed by atoms with Crippen molar-refractivity contribution in [2.24, 2.45) is 5.92 Å². The van der Waals surface area contributed by atoms with E-state index in [4.69, 9.17) is 0 Å². The van der Waals surface area contributed by atoms with Crippen LogP contribution in [0.4, 0.5) is 0 Å². The monoisotopic (exact) mass is 220 g/mol. The third-order valence-corrected chi connectivity index (χ3v) is 3.75. The second kappa shape index (κ2) is 7.15. The molecule has 0 aromatic carbocycles. The average Bonchev–Trinajstić information content (AvgIpc) is 2.05. The number of halogens is 1. The van der Waals surface area contributed by atoms with E-state index >= 15 is 0 Å². The highest BCUT2D eigenvalue weighted by atomic mass is 79.9. The van der Waals surface area contributed by atoms with Crippen LogP contribution in [0.3, 0.4) is 0 Å². The predicted octanol–water partition coefficient (Wildman–Crippen LogP) is 4.38. The van der Waals surface area contributed by atoms with Gasteiger partial charge in [-0.1, -0.05) is 56.0 Å². The Bertz CT molecular complexity index is 80.9. The lowest BCUT2D eigenvalue weighted by atomic mass is 9.95. The molecule has 0 nitrogen and oxygen atoms in total. The van der Waals surface area contributed by atoms with E-state index in [2.05, 4.69) is 36.7 Å². The van der Waals surface area contributed by atoms with Gasteiger partial charge in [-0.2, -0.15) is 0 Å². The van der Waals surface area contributed by atoms with Crippen LogP contribution >= 0.6 is 15.9 Å². The molecule has 0 saturated heterocycles. The summed E-state index contributed by atoms with van der Waals surface area (Å²) < 4.78 is 0. The molecule has 0 rings (SSSR count). The Morgan fingerprint density at radius 1 is 1.09 bits per heavy atom. The quantitative estimate of drug-likeness (QED) is 0.584. The third kappa shape index (κ3) is 4.84. The molecule has 0 aromatic rings. The van der Waals surface area contributed by atoms with E-state index < -0.39 is 0 Å². The van der Waals surface area contributed by atoms with E-state index in [1.54, 1.807) is 0 Å². The van der Waals surface area contributed by atoms with Crippen molar-refractivity contribution < 1.29 is 0 Å². The van der Waals surface area contributed by atoms with Gasteiger partial charge in [0.15, 0.2) is 0 Å². The Morgan fingerprint density at radius 2 is 1.73 bits per heavy atom. The Hall–Kier alpha value is 0.480. The largest absolute Gasteiger partial charge is 0.0888 e. The summed E-state index contributed by atoms with van der Waals surface area (Å²) in [5.41, 5.74) is 0. The third-order valence-electron chi connectivity index (χ3n) is 2.35. The van der Waals surface area contributed by atoms with E-state index in [1.807, 2.05) is 0 Å². The van der Waals surface area contributed by atoms with E-state index in [0.29, 0.717) is 0 Å². The number of unbranched alkanes of at least 4 members (excludes halogenated alkanes) is 1. The lowest BCUT2D eigenvalue weighted by Gasteiger charge is -2.19. The minimum Gasteiger partial charge on any atom is -0.0888 e. The molecule has 0 amide bonds. The maximum Gasteiger partial charge on any atom is 0.0171 e. The smallest absolute Gasteiger partial charge is 0.0171 e. The summed E-state index contributed by atoms with van der Waals surface area (Å²) in [5, 5.41) is 0. The van der Waals surface area contributed by atoms with Gasteiger partial charge in [-0.05, 0) is 18.8 Å². The SMILES string of the molecule is CCCCC(CC)C(Br)CC. The van der Waals surface area contributed by atoms with Gasteiger partial charge in [-0.3, -0.25) is 0 Å². The Balaban J connectivity index is 3.56. The molecule has 0 N–H and O–H groups in total. The second-order valence-corrected chi connectivity index (χ2v) is 4.41. The fourth-order valence-corrected chi connectivity index (χ4v) is 2.08. The van der Waals surface area contributed by atoms with E-state index in [9.17, 15) is 0 Å². The molecule has 0 spiro atoms. The highest BCUT2D eigenvalue weighted by Gasteiger charge is 2.13. The molecule has 0 aliphatic rings. The molecule has 2 unspecified atom stereocenters. The van der Waals surface area contributed by atoms with E-state index in [0.717, 1.165) is 10.7 Å². The summed E-state index contributed by atoms with van der Waals surface area (Å²) in [6, 6.07) is 0. The first-order valence-corrected chi connectivity index (χ1v) is 5.81. The lowest BCUT2D eigenvalue weighted by Crippen LogP contribution is -2.12. The van der Waals surface area contributed by atoms with Crippen LogP contribution in [0.25, 0.3) is 0 Å². The average molecular weight is 221 g/mol. The first-order valence-electron chi connectivity index (χ1n) is 4.90. The van der Waals surface area contributed by atoms with Gasteiger partial charge in [-0.25, -0.2) is 0 Å². The summed E-state index contributed by atoms with van der Waals surface area (Å²) in [7, 11) is 0. The lowest BCUT2D eigenvalue weighted by molar-refractivity contribution is 0.433. The minimum absolute atomic E-state index is 0.749. The predicted molar refractivity (Wildman–Crippen MR) is 56.3 cm³/mol. The van der Waals surface area contributed by atoms with Crippen molar-refractivity contribution in [1.29, 1.82) is 0 Å². The van der Waals surface area contributed by atoms with Crippen molar-refractivity contribution in [1.82, 2.24) is 0 Å². The zero-order chi connectivity index (χ0) is 8.69. The molecule has 0 saturated carbocycles. The Labute approximate surface area is 79.9 Å². The van der Waals surface area contributed by atoms with Crippen molar-refractivity contribution in [3.63, 3.8) is 0 Å². The molecule has 0 aliphatic carbocycles. The van der Waals surface area contributed by atoms with Crippen LogP contribution in [0.2, 0.25) is 0 Å². The fraction of sp³-hybridized carbons (Fsp3) is 1.00. The maximum atomic E-state index is 3.73. The molecule has 0 bridgehead atoms. The summed E-state index contributed by atoms with van der Waals surface area (Å²) >= 11 is 3.73. The van der Waals surface area contributed by atoms with Gasteiger partial charge in [0.2, 0.25) is 0 Å². The van der Waals surface area contributed by atoms with Crippen LogP contribution in [0.1, 0.15) is 52.9 Å². The highest BCUT2D eigenvalue weighted by molar-refractivity contribution is 9.09. The second-order valence-electron chi connectivity index (χ2n) is 3.23. The highest BCUT2D eigenvalue weighted by Crippen LogP contribution is 2.24. The van der Waals surface area contributed by atoms with Gasteiger partial charge in [0.25, 0.3) is 0 Å². The van der Waals surface area contributed by atoms with Crippen LogP contribution < -0.4 is 0 Å². The molecule has 0 fully saturated rings. The molecule has 68 valence electrons. The zero-order valence-electron chi connectivity index (χ0n) is 8.07. The molecule has 1 heteroatoms. The van der Waals surface area contributed by atoms with E-state index in [-0.39, 0.29) is 0 Å². The van der Waals surface area contributed by atoms with Gasteiger partial charge < -0.3 is 0 Å². The molecule has 0 heterocycles. The first kappa shape index (κ1) is 11.5. The van der Waals surface area contributed by atoms with Crippen molar-refractivity contribution in [3.05, 3.63) is 0 Å². The molecule has 2 atom stereocenters. The van der Waals surface area contributed by atoms with Crippen LogP contribution in [0.5, 0.6) is 0 Å². The van der Waals surface area contributed by atoms with Gasteiger partial charge in [-0.15, -0.1) is 0 Å². The fourth-order valence-electron chi connectivity index (χ4n) is 1.44. The van der Waals surface area contributed by atoms with Gasteiger partial charge in [0.1, 0.15) is 0 Å². The van der Waals surface area contributed by atoms with Crippen LogP contribution in [-0.2, 0) is 0 Å². The van der Waals surface area contributed by atoms with Crippen LogP contribution in [0, 0.1) is 5.92 Å². The Morgan fingerprint density at radius 3 is 2.09 bits per heavy atom. The number of rotatable bonds is 6. The number of hydrogen-bond donors (Lipinski definition) is 0. The molecule has 0 aliphatic heterocycles. The minimum atomic E-state index is 0.749. The van der Waals surface area contributed by atoms with Gasteiger partial charge in [0.05, 0.1) is 0 Å². The maximum absolute atomic E-state index is 3.73. The van der Waals surface area contributed by atoms with Crippen molar-refractivity contribution in [2.75, 3.05) is 0 Å². The topological polar surface area (TPSA) is 0 Å². The summed E-state index contributed by atoms with van der Waals surface area (Å²) in [6.45, 7) is 6.82. The summed E-state index contributed by atoms with van der Waals surface area (Å²) in [5.74, 6) is 0.903. The van der Waals surface area contributed by atoms with Crippen LogP contribution in [-0.4, -0.2) is 4.83 Å². The number of hydrogen-bond acceptors (Lipinski definition) is 0. The number of alkyl halides is 1. The Kier molecular flexibility index (Phi) is 7.46. The molecular weight excluding hydrogens is 200 g/mol. The summed E-state index contributed by atoms with van der Waals surface area (Å²) in [6.07, 6.45) is 6.71. The normalized spacial score (nSPS) is 16.4. The molecule has 0 radical (unpaired) electrons. The van der Waals surface area contributed by atoms with Crippen molar-refractivity contribution in [2.45, 2.75) is 57.7 Å². The van der Waals surface area contributed by atoms with Crippen molar-refractivity contribution in [3.8, 4) is 0 Å². The van der Waals surface area contributed by atoms with Crippen molar-refractivity contribution >= 4 is 15.9 Å². The van der Waals surface area contributed by atoms with Crippen LogP contribution in [0.15, 0.2) is 0 Å². The zero-order valence-corrected chi connectivity index (χ0v) is 9.65. The molecule has 0 aromatic heterocycles.